The second kappa shape index (κ2) is 6.88. The Morgan fingerprint density at radius 3 is 2.81 bits per heavy atom. The lowest BCUT2D eigenvalue weighted by molar-refractivity contribution is 0.622. The standard InChI is InChI=1S/C20H18BrN5/c1-13(2)26-12-17(16-6-8-22-11-19(16)26)18-7-9-23-20(25-18)24-15-5-3-4-14(21)10-15/h3-13H,1-2H3,(H,23,24,25). The first-order chi connectivity index (χ1) is 12.6. The number of hydrogen-bond donors (Lipinski definition) is 1. The van der Waals surface area contributed by atoms with Crippen LogP contribution in [0.5, 0.6) is 0 Å². The number of anilines is 2. The van der Waals surface area contributed by atoms with E-state index in [2.05, 4.69) is 55.8 Å². The average molecular weight is 408 g/mol. The fourth-order valence-electron chi connectivity index (χ4n) is 2.99. The summed E-state index contributed by atoms with van der Waals surface area (Å²) in [6.45, 7) is 4.33. The van der Waals surface area contributed by atoms with E-state index in [0.29, 0.717) is 12.0 Å². The Bertz CT molecular complexity index is 1070. The molecule has 26 heavy (non-hydrogen) atoms. The van der Waals surface area contributed by atoms with E-state index in [9.17, 15) is 0 Å². The molecule has 0 radical (unpaired) electrons. The van der Waals surface area contributed by atoms with Crippen molar-refractivity contribution in [3.8, 4) is 11.3 Å². The molecule has 0 unspecified atom stereocenters. The van der Waals surface area contributed by atoms with Crippen molar-refractivity contribution in [3.63, 3.8) is 0 Å². The highest BCUT2D eigenvalue weighted by molar-refractivity contribution is 9.10. The highest BCUT2D eigenvalue weighted by Crippen LogP contribution is 2.31. The minimum Gasteiger partial charge on any atom is -0.343 e. The van der Waals surface area contributed by atoms with Crippen molar-refractivity contribution in [3.05, 3.63) is 65.7 Å². The van der Waals surface area contributed by atoms with Crippen LogP contribution in [0.1, 0.15) is 19.9 Å². The van der Waals surface area contributed by atoms with E-state index in [1.54, 1.807) is 6.20 Å². The third-order valence-electron chi connectivity index (χ3n) is 4.21. The number of benzene rings is 1. The lowest BCUT2D eigenvalue weighted by Crippen LogP contribution is -1.98. The first-order valence-electron chi connectivity index (χ1n) is 8.42. The fraction of sp³-hybridized carbons (Fsp3) is 0.150. The number of hydrogen-bond acceptors (Lipinski definition) is 4. The summed E-state index contributed by atoms with van der Waals surface area (Å²) in [6, 6.07) is 12.2. The van der Waals surface area contributed by atoms with Crippen LogP contribution in [-0.2, 0) is 0 Å². The molecule has 6 heteroatoms. The van der Waals surface area contributed by atoms with Crippen LogP contribution in [0.25, 0.3) is 22.2 Å². The molecule has 1 N–H and O–H groups in total. The van der Waals surface area contributed by atoms with E-state index >= 15 is 0 Å². The summed E-state index contributed by atoms with van der Waals surface area (Å²) in [4.78, 5) is 13.3. The smallest absolute Gasteiger partial charge is 0.227 e. The van der Waals surface area contributed by atoms with Crippen LogP contribution in [-0.4, -0.2) is 19.5 Å². The molecule has 0 aliphatic carbocycles. The van der Waals surface area contributed by atoms with Gasteiger partial charge < -0.3 is 9.88 Å². The Labute approximate surface area is 160 Å². The average Bonchev–Trinajstić information content (AvgIpc) is 3.02. The SMILES string of the molecule is CC(C)n1cc(-c2ccnc(Nc3cccc(Br)c3)n2)c2ccncc21. The van der Waals surface area contributed by atoms with E-state index in [1.165, 1.54) is 0 Å². The largest absolute Gasteiger partial charge is 0.343 e. The van der Waals surface area contributed by atoms with Gasteiger partial charge in [0.2, 0.25) is 5.95 Å². The second-order valence-corrected chi connectivity index (χ2v) is 7.25. The molecule has 4 aromatic rings. The van der Waals surface area contributed by atoms with Crippen molar-refractivity contribution in [2.45, 2.75) is 19.9 Å². The third kappa shape index (κ3) is 3.20. The zero-order chi connectivity index (χ0) is 18.1. The Morgan fingerprint density at radius 2 is 2.00 bits per heavy atom. The summed E-state index contributed by atoms with van der Waals surface area (Å²) in [7, 11) is 0. The molecule has 0 bridgehead atoms. The van der Waals surface area contributed by atoms with Crippen LogP contribution >= 0.6 is 15.9 Å². The minimum atomic E-state index is 0.344. The normalized spacial score (nSPS) is 11.2. The molecule has 0 aliphatic rings. The molecule has 4 rings (SSSR count). The molecular weight excluding hydrogens is 390 g/mol. The maximum atomic E-state index is 4.72. The summed E-state index contributed by atoms with van der Waals surface area (Å²) in [5.74, 6) is 0.570. The molecule has 0 fully saturated rings. The van der Waals surface area contributed by atoms with Gasteiger partial charge in [-0.25, -0.2) is 9.97 Å². The monoisotopic (exact) mass is 407 g/mol. The molecule has 5 nitrogen and oxygen atoms in total. The number of rotatable bonds is 4. The molecule has 0 atom stereocenters. The molecule has 3 aromatic heterocycles. The Balaban J connectivity index is 1.76. The van der Waals surface area contributed by atoms with E-state index < -0.39 is 0 Å². The summed E-state index contributed by atoms with van der Waals surface area (Å²) >= 11 is 3.48. The van der Waals surface area contributed by atoms with E-state index in [0.717, 1.165) is 32.3 Å². The highest BCUT2D eigenvalue weighted by Gasteiger charge is 2.13. The molecule has 130 valence electrons. The van der Waals surface area contributed by atoms with Crippen molar-refractivity contribution in [1.29, 1.82) is 0 Å². The zero-order valence-electron chi connectivity index (χ0n) is 14.5. The first-order valence-corrected chi connectivity index (χ1v) is 9.21. The summed E-state index contributed by atoms with van der Waals surface area (Å²) < 4.78 is 3.23. The van der Waals surface area contributed by atoms with Gasteiger partial charge in [-0.15, -0.1) is 0 Å². The number of fused-ring (bicyclic) bond motifs is 1. The topological polar surface area (TPSA) is 55.6 Å². The maximum absolute atomic E-state index is 4.72. The van der Waals surface area contributed by atoms with Gasteiger partial charge in [-0.1, -0.05) is 22.0 Å². The number of nitrogens with zero attached hydrogens (tertiary/aromatic N) is 4. The van der Waals surface area contributed by atoms with Crippen LogP contribution < -0.4 is 5.32 Å². The van der Waals surface area contributed by atoms with E-state index in [4.69, 9.17) is 4.98 Å². The number of pyridine rings is 1. The van der Waals surface area contributed by atoms with Gasteiger partial charge >= 0.3 is 0 Å². The van der Waals surface area contributed by atoms with Gasteiger partial charge in [-0.2, -0.15) is 0 Å². The Morgan fingerprint density at radius 1 is 1.12 bits per heavy atom. The predicted octanol–water partition coefficient (Wildman–Crippen LogP) is 5.58. The second-order valence-electron chi connectivity index (χ2n) is 6.34. The van der Waals surface area contributed by atoms with Crippen molar-refractivity contribution >= 4 is 38.5 Å². The van der Waals surface area contributed by atoms with Gasteiger partial charge in [0.25, 0.3) is 0 Å². The van der Waals surface area contributed by atoms with Gasteiger partial charge in [-0.3, -0.25) is 4.98 Å². The molecule has 3 heterocycles. The van der Waals surface area contributed by atoms with Gasteiger partial charge in [0.05, 0.1) is 17.4 Å². The fourth-order valence-corrected chi connectivity index (χ4v) is 3.39. The minimum absolute atomic E-state index is 0.344. The van der Waals surface area contributed by atoms with Gasteiger partial charge in [0, 0.05) is 45.7 Å². The predicted molar refractivity (Wildman–Crippen MR) is 109 cm³/mol. The molecule has 0 amide bonds. The Hall–Kier alpha value is -2.73. The molecule has 0 aliphatic heterocycles. The quantitative estimate of drug-likeness (QED) is 0.479. The van der Waals surface area contributed by atoms with Gasteiger partial charge in [-0.05, 0) is 44.2 Å². The molecule has 1 aromatic carbocycles. The zero-order valence-corrected chi connectivity index (χ0v) is 16.1. The lowest BCUT2D eigenvalue weighted by Gasteiger charge is -2.08. The number of halogens is 1. The summed E-state index contributed by atoms with van der Waals surface area (Å²) in [5, 5.41) is 4.40. The first kappa shape index (κ1) is 16.7. The van der Waals surface area contributed by atoms with Crippen LogP contribution in [0, 0.1) is 0 Å². The summed E-state index contributed by atoms with van der Waals surface area (Å²) in [5.41, 5.74) is 4.01. The van der Waals surface area contributed by atoms with Crippen LogP contribution in [0.4, 0.5) is 11.6 Å². The van der Waals surface area contributed by atoms with E-state index in [1.807, 2.05) is 48.8 Å². The maximum Gasteiger partial charge on any atom is 0.227 e. The number of nitrogens with one attached hydrogen (secondary N) is 1. The van der Waals surface area contributed by atoms with Crippen molar-refractivity contribution < 1.29 is 0 Å². The Kier molecular flexibility index (Phi) is 4.42. The van der Waals surface area contributed by atoms with Crippen LogP contribution in [0.3, 0.4) is 0 Å². The van der Waals surface area contributed by atoms with Gasteiger partial charge in [0.1, 0.15) is 0 Å². The van der Waals surface area contributed by atoms with E-state index in [-0.39, 0.29) is 0 Å². The molecule has 0 spiro atoms. The van der Waals surface area contributed by atoms with Crippen molar-refractivity contribution in [2.75, 3.05) is 5.32 Å². The van der Waals surface area contributed by atoms with Crippen molar-refractivity contribution in [2.24, 2.45) is 0 Å². The number of aromatic nitrogens is 4. The highest BCUT2D eigenvalue weighted by atomic mass is 79.9. The lowest BCUT2D eigenvalue weighted by atomic mass is 10.1. The third-order valence-corrected chi connectivity index (χ3v) is 4.70. The van der Waals surface area contributed by atoms with Crippen molar-refractivity contribution in [1.82, 2.24) is 19.5 Å². The van der Waals surface area contributed by atoms with Crippen LogP contribution in [0.15, 0.2) is 65.7 Å². The van der Waals surface area contributed by atoms with Crippen LogP contribution in [0.2, 0.25) is 0 Å². The van der Waals surface area contributed by atoms with Gasteiger partial charge in [0.15, 0.2) is 0 Å². The summed E-state index contributed by atoms with van der Waals surface area (Å²) in [6.07, 6.45) is 7.64. The molecular formula is C20H18BrN5. The molecule has 0 saturated heterocycles. The molecule has 0 saturated carbocycles.